The molecule has 0 aliphatic carbocycles. The van der Waals surface area contributed by atoms with Gasteiger partial charge in [0.1, 0.15) is 12.4 Å². The van der Waals surface area contributed by atoms with Gasteiger partial charge >= 0.3 is 0 Å². The molecule has 3 aromatic rings. The first-order chi connectivity index (χ1) is 8.81. The van der Waals surface area contributed by atoms with Crippen molar-refractivity contribution >= 4 is 27.2 Å². The number of nitrogens with zero attached hydrogens (tertiary/aromatic N) is 1. The summed E-state index contributed by atoms with van der Waals surface area (Å²) in [4.78, 5) is 5.28. The van der Waals surface area contributed by atoms with Gasteiger partial charge in [-0.25, -0.2) is 0 Å². The van der Waals surface area contributed by atoms with Crippen LogP contribution in [0.15, 0.2) is 48.5 Å². The third-order valence-corrected chi connectivity index (χ3v) is 3.67. The van der Waals surface area contributed by atoms with Crippen molar-refractivity contribution in [1.29, 1.82) is 0 Å². The van der Waals surface area contributed by atoms with Crippen LogP contribution in [0.2, 0.25) is 0 Å². The van der Waals surface area contributed by atoms with Gasteiger partial charge in [-0.15, -0.1) is 11.3 Å². The number of hydrogen-bond acceptors (Lipinski definition) is 4. The maximum absolute atomic E-state index is 5.62. The molecule has 1 aromatic carbocycles. The minimum Gasteiger partial charge on any atom is -0.472 e. The van der Waals surface area contributed by atoms with Gasteiger partial charge in [-0.05, 0) is 23.6 Å². The van der Waals surface area contributed by atoms with Crippen LogP contribution in [0.25, 0.3) is 10.1 Å². The average Bonchev–Trinajstić information content (AvgIpc) is 2.79. The van der Waals surface area contributed by atoms with Gasteiger partial charge in [0.25, 0.3) is 0 Å². The number of rotatable bonds is 3. The van der Waals surface area contributed by atoms with E-state index in [2.05, 4.69) is 23.2 Å². The van der Waals surface area contributed by atoms with E-state index in [0.29, 0.717) is 18.3 Å². The van der Waals surface area contributed by atoms with E-state index in [4.69, 9.17) is 10.5 Å². The van der Waals surface area contributed by atoms with Crippen molar-refractivity contribution in [1.82, 2.24) is 4.98 Å². The Labute approximate surface area is 109 Å². The predicted molar refractivity (Wildman–Crippen MR) is 74.8 cm³/mol. The number of benzene rings is 1. The van der Waals surface area contributed by atoms with Crippen LogP contribution in [-0.2, 0) is 6.61 Å². The lowest BCUT2D eigenvalue weighted by Crippen LogP contribution is -1.97. The van der Waals surface area contributed by atoms with Crippen LogP contribution < -0.4 is 10.5 Å². The molecule has 2 N–H and O–H groups in total. The van der Waals surface area contributed by atoms with Gasteiger partial charge in [-0.2, -0.15) is 4.98 Å². The first-order valence-electron chi connectivity index (χ1n) is 5.64. The van der Waals surface area contributed by atoms with Gasteiger partial charge in [0.2, 0.25) is 5.88 Å². The predicted octanol–water partition coefficient (Wildman–Crippen LogP) is 3.46. The van der Waals surface area contributed by atoms with Crippen molar-refractivity contribution in [2.75, 3.05) is 5.73 Å². The summed E-state index contributed by atoms with van der Waals surface area (Å²) in [5.74, 6) is 1.04. The van der Waals surface area contributed by atoms with Crippen molar-refractivity contribution in [2.45, 2.75) is 6.61 Å². The maximum atomic E-state index is 5.62. The number of ether oxygens (including phenoxy) is 1. The van der Waals surface area contributed by atoms with Crippen molar-refractivity contribution in [3.05, 3.63) is 53.4 Å². The molecule has 3 rings (SSSR count). The van der Waals surface area contributed by atoms with Crippen molar-refractivity contribution in [3.8, 4) is 5.88 Å². The highest BCUT2D eigenvalue weighted by Crippen LogP contribution is 2.26. The lowest BCUT2D eigenvalue weighted by molar-refractivity contribution is 0.298. The number of anilines is 1. The zero-order valence-corrected chi connectivity index (χ0v) is 10.5. The Morgan fingerprint density at radius 3 is 2.83 bits per heavy atom. The zero-order chi connectivity index (χ0) is 12.4. The molecule has 0 radical (unpaired) electrons. The van der Waals surface area contributed by atoms with Crippen molar-refractivity contribution in [2.24, 2.45) is 0 Å². The Morgan fingerprint density at radius 1 is 1.11 bits per heavy atom. The van der Waals surface area contributed by atoms with E-state index in [0.717, 1.165) is 0 Å². The van der Waals surface area contributed by atoms with Crippen molar-refractivity contribution in [3.63, 3.8) is 0 Å². The van der Waals surface area contributed by atoms with E-state index in [1.54, 1.807) is 17.4 Å². The molecule has 0 saturated carbocycles. The van der Waals surface area contributed by atoms with E-state index in [9.17, 15) is 0 Å². The third-order valence-electron chi connectivity index (χ3n) is 2.58. The Hall–Kier alpha value is -2.07. The van der Waals surface area contributed by atoms with Crippen molar-refractivity contribution < 1.29 is 4.74 Å². The molecule has 90 valence electrons. The summed E-state index contributed by atoms with van der Waals surface area (Å²) >= 11 is 1.74. The SMILES string of the molecule is Nc1cccc(OCc2cc3ccccc3s2)n1. The van der Waals surface area contributed by atoms with E-state index < -0.39 is 0 Å². The number of hydrogen-bond donors (Lipinski definition) is 1. The summed E-state index contributed by atoms with van der Waals surface area (Å²) in [5.41, 5.74) is 5.60. The van der Waals surface area contributed by atoms with Crippen LogP contribution in [0, 0.1) is 0 Å². The molecule has 2 heterocycles. The highest BCUT2D eigenvalue weighted by molar-refractivity contribution is 7.19. The van der Waals surface area contributed by atoms with Crippen LogP contribution in [-0.4, -0.2) is 4.98 Å². The Kier molecular flexibility index (Phi) is 2.86. The number of nitrogen functional groups attached to an aromatic ring is 1. The highest BCUT2D eigenvalue weighted by Gasteiger charge is 2.02. The molecule has 0 amide bonds. The molecule has 18 heavy (non-hydrogen) atoms. The fourth-order valence-electron chi connectivity index (χ4n) is 1.76. The van der Waals surface area contributed by atoms with Gasteiger partial charge in [-0.3, -0.25) is 0 Å². The van der Waals surface area contributed by atoms with E-state index in [1.165, 1.54) is 15.0 Å². The molecule has 0 spiro atoms. The maximum Gasteiger partial charge on any atom is 0.215 e. The number of aromatic nitrogens is 1. The first kappa shape index (κ1) is 11.0. The molecule has 0 bridgehead atoms. The van der Waals surface area contributed by atoms with Crippen LogP contribution in [0.1, 0.15) is 4.88 Å². The number of pyridine rings is 1. The Morgan fingerprint density at radius 2 is 2.00 bits per heavy atom. The molecule has 0 fully saturated rings. The normalized spacial score (nSPS) is 10.7. The lowest BCUT2D eigenvalue weighted by atomic mass is 10.2. The second-order valence-electron chi connectivity index (χ2n) is 3.94. The minimum absolute atomic E-state index is 0.476. The fourth-order valence-corrected chi connectivity index (χ4v) is 2.74. The van der Waals surface area contributed by atoms with Crippen LogP contribution in [0.3, 0.4) is 0 Å². The van der Waals surface area contributed by atoms with Crippen LogP contribution >= 0.6 is 11.3 Å². The molecule has 3 nitrogen and oxygen atoms in total. The summed E-state index contributed by atoms with van der Waals surface area (Å²) in [5, 5.41) is 1.25. The average molecular weight is 256 g/mol. The highest BCUT2D eigenvalue weighted by atomic mass is 32.1. The van der Waals surface area contributed by atoms with E-state index in [1.807, 2.05) is 24.3 Å². The molecule has 0 aliphatic rings. The smallest absolute Gasteiger partial charge is 0.215 e. The van der Waals surface area contributed by atoms with E-state index in [-0.39, 0.29) is 0 Å². The van der Waals surface area contributed by atoms with Gasteiger partial charge in [-0.1, -0.05) is 24.3 Å². The third kappa shape index (κ3) is 2.28. The zero-order valence-electron chi connectivity index (χ0n) is 9.67. The van der Waals surface area contributed by atoms with Crippen LogP contribution in [0.4, 0.5) is 5.82 Å². The second kappa shape index (κ2) is 4.66. The van der Waals surface area contributed by atoms with Crippen LogP contribution in [0.5, 0.6) is 5.88 Å². The monoisotopic (exact) mass is 256 g/mol. The summed E-state index contributed by atoms with van der Waals surface area (Å²) in [7, 11) is 0. The standard InChI is InChI=1S/C14H12N2OS/c15-13-6-3-7-14(16-13)17-9-11-8-10-4-1-2-5-12(10)18-11/h1-8H,9H2,(H2,15,16). The van der Waals surface area contributed by atoms with Gasteiger partial charge in [0.05, 0.1) is 0 Å². The van der Waals surface area contributed by atoms with Gasteiger partial charge in [0, 0.05) is 15.6 Å². The molecular formula is C14H12N2OS. The molecule has 2 aromatic heterocycles. The topological polar surface area (TPSA) is 48.1 Å². The molecular weight excluding hydrogens is 244 g/mol. The second-order valence-corrected chi connectivity index (χ2v) is 5.11. The summed E-state index contributed by atoms with van der Waals surface area (Å²) in [6.45, 7) is 0.524. The minimum atomic E-state index is 0.476. The number of nitrogens with two attached hydrogens (primary N) is 1. The fraction of sp³-hybridized carbons (Fsp3) is 0.0714. The Balaban J connectivity index is 1.76. The quantitative estimate of drug-likeness (QED) is 0.780. The number of thiophene rings is 1. The molecule has 0 unspecified atom stereocenters. The van der Waals surface area contributed by atoms with Gasteiger partial charge in [0.15, 0.2) is 0 Å². The molecule has 0 atom stereocenters. The lowest BCUT2D eigenvalue weighted by Gasteiger charge is -2.03. The largest absolute Gasteiger partial charge is 0.472 e. The van der Waals surface area contributed by atoms with Gasteiger partial charge < -0.3 is 10.5 Å². The Bertz CT molecular complexity index is 645. The van der Waals surface area contributed by atoms with E-state index >= 15 is 0 Å². The number of fused-ring (bicyclic) bond motifs is 1. The molecule has 4 heteroatoms. The summed E-state index contributed by atoms with van der Waals surface area (Å²) in [6.07, 6.45) is 0. The summed E-state index contributed by atoms with van der Waals surface area (Å²) in [6, 6.07) is 15.8. The molecule has 0 aliphatic heterocycles. The molecule has 0 saturated heterocycles. The summed E-state index contributed by atoms with van der Waals surface area (Å²) < 4.78 is 6.90. The first-order valence-corrected chi connectivity index (χ1v) is 6.46.